The number of nitrogens with two attached hydrogens (primary N) is 2. The van der Waals surface area contributed by atoms with Crippen molar-refractivity contribution in [2.75, 3.05) is 18.9 Å². The van der Waals surface area contributed by atoms with Crippen LogP contribution >= 0.6 is 11.3 Å². The van der Waals surface area contributed by atoms with E-state index in [1.165, 1.54) is 16.9 Å². The number of hydrogen-bond donors (Lipinski definition) is 3. The van der Waals surface area contributed by atoms with Crippen molar-refractivity contribution in [3.05, 3.63) is 45.8 Å². The number of ether oxygens (including phenoxy) is 1. The first-order valence-electron chi connectivity index (χ1n) is 8.32. The highest BCUT2D eigenvalue weighted by atomic mass is 32.1. The molecule has 1 aromatic carbocycles. The number of carboxylic acids is 1. The van der Waals surface area contributed by atoms with Crippen LogP contribution in [0.15, 0.2) is 24.3 Å². The van der Waals surface area contributed by atoms with E-state index < -0.39 is 5.97 Å². The Morgan fingerprint density at radius 2 is 2.12 bits per heavy atom. The summed E-state index contributed by atoms with van der Waals surface area (Å²) < 4.78 is 5.48. The van der Waals surface area contributed by atoms with E-state index in [4.69, 9.17) is 16.2 Å². The fourth-order valence-electron chi connectivity index (χ4n) is 3.30. The molecule has 1 aromatic heterocycles. The van der Waals surface area contributed by atoms with Crippen molar-refractivity contribution in [3.63, 3.8) is 0 Å². The van der Waals surface area contributed by atoms with Crippen LogP contribution in [0.5, 0.6) is 5.75 Å². The molecule has 1 aliphatic heterocycles. The minimum Gasteiger partial charge on any atom is -0.494 e. The fraction of sp³-hybridized carbons (Fsp3) is 0.389. The summed E-state index contributed by atoms with van der Waals surface area (Å²) in [6, 6.07) is 8.15. The highest BCUT2D eigenvalue weighted by molar-refractivity contribution is 7.16. The molecule has 0 saturated heterocycles. The quantitative estimate of drug-likeness (QED) is 0.730. The number of hydrogen-bond acceptors (Lipinski definition) is 6. The smallest absolute Gasteiger partial charge is 0.338 e. The average Bonchev–Trinajstić information content (AvgIpc) is 2.91. The highest BCUT2D eigenvalue weighted by Gasteiger charge is 2.31. The van der Waals surface area contributed by atoms with E-state index in [2.05, 4.69) is 17.0 Å². The molecule has 7 heteroatoms. The van der Waals surface area contributed by atoms with Gasteiger partial charge in [-0.2, -0.15) is 0 Å². The Kier molecular flexibility index (Phi) is 5.27. The highest BCUT2D eigenvalue weighted by Crippen LogP contribution is 2.37. The molecule has 1 aliphatic rings. The second kappa shape index (κ2) is 7.43. The van der Waals surface area contributed by atoms with Crippen LogP contribution in [0.4, 0.5) is 5.00 Å². The first-order valence-corrected chi connectivity index (χ1v) is 9.14. The third-order valence-electron chi connectivity index (χ3n) is 4.53. The predicted octanol–water partition coefficient (Wildman–Crippen LogP) is 2.31. The minimum atomic E-state index is -0.953. The van der Waals surface area contributed by atoms with E-state index in [9.17, 15) is 9.90 Å². The lowest BCUT2D eigenvalue weighted by molar-refractivity contribution is 0.0695. The first-order chi connectivity index (χ1) is 12.0. The molecule has 25 heavy (non-hydrogen) atoms. The van der Waals surface area contributed by atoms with Crippen LogP contribution in [0.25, 0.3) is 0 Å². The van der Waals surface area contributed by atoms with E-state index in [1.54, 1.807) is 0 Å². The maximum atomic E-state index is 11.5. The minimum absolute atomic E-state index is 0.103. The van der Waals surface area contributed by atoms with Crippen molar-refractivity contribution in [1.29, 1.82) is 0 Å². The Morgan fingerprint density at radius 3 is 2.72 bits per heavy atom. The van der Waals surface area contributed by atoms with Gasteiger partial charge in [-0.25, -0.2) is 4.79 Å². The maximum Gasteiger partial charge on any atom is 0.338 e. The number of anilines is 1. The lowest BCUT2D eigenvalue weighted by Gasteiger charge is -2.35. The summed E-state index contributed by atoms with van der Waals surface area (Å²) in [6.07, 6.45) is 0.623. The van der Waals surface area contributed by atoms with Gasteiger partial charge < -0.3 is 21.3 Å². The summed E-state index contributed by atoms with van der Waals surface area (Å²) >= 11 is 1.38. The van der Waals surface area contributed by atoms with Crippen LogP contribution in [0.2, 0.25) is 0 Å². The second-order valence-corrected chi connectivity index (χ2v) is 7.26. The number of carbonyl (C=O) groups is 1. The fourth-order valence-corrected chi connectivity index (χ4v) is 4.42. The van der Waals surface area contributed by atoms with Crippen molar-refractivity contribution in [3.8, 4) is 5.75 Å². The molecular formula is C18H23N3O3S. The SMILES string of the molecule is CCOc1ccc(CN2Cc3sc(N)c(C(=O)O)c3CC2CN)cc1. The third-order valence-corrected chi connectivity index (χ3v) is 5.57. The van der Waals surface area contributed by atoms with E-state index >= 15 is 0 Å². The normalized spacial score (nSPS) is 17.3. The Morgan fingerprint density at radius 1 is 1.40 bits per heavy atom. The molecule has 2 aromatic rings. The number of fused-ring (bicyclic) bond motifs is 1. The summed E-state index contributed by atoms with van der Waals surface area (Å²) in [6.45, 7) is 4.52. The summed E-state index contributed by atoms with van der Waals surface area (Å²) in [5, 5.41) is 9.80. The van der Waals surface area contributed by atoms with Crippen LogP contribution in [0, 0.1) is 0 Å². The van der Waals surface area contributed by atoms with Crippen LogP contribution in [-0.2, 0) is 19.5 Å². The standard InChI is InChI=1S/C18H23N3O3S/c1-2-24-13-5-3-11(4-6-13)9-21-10-15-14(7-12(21)8-19)16(18(22)23)17(20)25-15/h3-6,12H,2,7-10,19-20H2,1H3,(H,22,23). The molecule has 0 fully saturated rings. The molecule has 1 unspecified atom stereocenters. The topological polar surface area (TPSA) is 102 Å². The van der Waals surface area contributed by atoms with Crippen molar-refractivity contribution in [1.82, 2.24) is 4.90 Å². The van der Waals surface area contributed by atoms with Gasteiger partial charge >= 0.3 is 5.97 Å². The zero-order valence-corrected chi connectivity index (χ0v) is 15.0. The number of benzene rings is 1. The van der Waals surface area contributed by atoms with Gasteiger partial charge in [0.2, 0.25) is 0 Å². The Labute approximate surface area is 151 Å². The average molecular weight is 361 g/mol. The number of thiophene rings is 1. The summed E-state index contributed by atoms with van der Waals surface area (Å²) in [5.41, 5.74) is 14.2. The molecule has 0 radical (unpaired) electrons. The van der Waals surface area contributed by atoms with Gasteiger partial charge in [-0.1, -0.05) is 12.1 Å². The van der Waals surface area contributed by atoms with Crippen molar-refractivity contribution in [2.45, 2.75) is 32.5 Å². The van der Waals surface area contributed by atoms with Crippen molar-refractivity contribution < 1.29 is 14.6 Å². The van der Waals surface area contributed by atoms with Crippen LogP contribution in [0.3, 0.4) is 0 Å². The summed E-state index contributed by atoms with van der Waals surface area (Å²) in [7, 11) is 0. The van der Waals surface area contributed by atoms with Gasteiger partial charge in [-0.05, 0) is 36.6 Å². The predicted molar refractivity (Wildman–Crippen MR) is 99.1 cm³/mol. The van der Waals surface area contributed by atoms with Gasteiger partial charge in [-0.3, -0.25) is 4.90 Å². The molecule has 2 heterocycles. The summed E-state index contributed by atoms with van der Waals surface area (Å²) in [5.74, 6) is -0.0922. The lowest BCUT2D eigenvalue weighted by Crippen LogP contribution is -2.44. The second-order valence-electron chi connectivity index (χ2n) is 6.12. The van der Waals surface area contributed by atoms with Crippen LogP contribution in [0.1, 0.15) is 33.3 Å². The van der Waals surface area contributed by atoms with Crippen molar-refractivity contribution >= 4 is 22.3 Å². The van der Waals surface area contributed by atoms with Crippen LogP contribution in [-0.4, -0.2) is 35.2 Å². The van der Waals surface area contributed by atoms with E-state index in [0.717, 1.165) is 22.7 Å². The third kappa shape index (κ3) is 3.63. The Balaban J connectivity index is 1.80. The largest absolute Gasteiger partial charge is 0.494 e. The van der Waals surface area contributed by atoms with Gasteiger partial charge in [0.1, 0.15) is 10.8 Å². The van der Waals surface area contributed by atoms with Gasteiger partial charge in [0, 0.05) is 30.6 Å². The number of rotatable bonds is 6. The number of nitrogens with zero attached hydrogens (tertiary/aromatic N) is 1. The molecule has 3 rings (SSSR count). The molecule has 0 bridgehead atoms. The Hall–Kier alpha value is -2.09. The number of nitrogen functional groups attached to an aromatic ring is 1. The van der Waals surface area contributed by atoms with E-state index in [0.29, 0.717) is 31.1 Å². The zero-order valence-electron chi connectivity index (χ0n) is 14.2. The molecule has 0 saturated carbocycles. The lowest BCUT2D eigenvalue weighted by atomic mass is 9.95. The maximum absolute atomic E-state index is 11.5. The molecule has 1 atom stereocenters. The van der Waals surface area contributed by atoms with E-state index in [-0.39, 0.29) is 11.6 Å². The summed E-state index contributed by atoms with van der Waals surface area (Å²) in [4.78, 5) is 14.8. The van der Waals surface area contributed by atoms with Crippen LogP contribution < -0.4 is 16.2 Å². The molecule has 134 valence electrons. The molecule has 6 nitrogen and oxygen atoms in total. The molecule has 5 N–H and O–H groups in total. The number of carboxylic acid groups (broad SMARTS) is 1. The van der Waals surface area contributed by atoms with Gasteiger partial charge in [-0.15, -0.1) is 11.3 Å². The van der Waals surface area contributed by atoms with Crippen molar-refractivity contribution in [2.24, 2.45) is 5.73 Å². The van der Waals surface area contributed by atoms with Gasteiger partial charge in [0.05, 0.1) is 12.2 Å². The molecule has 0 aliphatic carbocycles. The molecule has 0 amide bonds. The van der Waals surface area contributed by atoms with Gasteiger partial charge in [0.15, 0.2) is 0 Å². The van der Waals surface area contributed by atoms with Gasteiger partial charge in [0.25, 0.3) is 0 Å². The number of aromatic carboxylic acids is 1. The monoisotopic (exact) mass is 361 g/mol. The Bertz CT molecular complexity index is 758. The molecule has 0 spiro atoms. The van der Waals surface area contributed by atoms with E-state index in [1.807, 2.05) is 19.1 Å². The first kappa shape index (κ1) is 17.7. The zero-order chi connectivity index (χ0) is 18.0. The molecular weight excluding hydrogens is 338 g/mol.